The average Bonchev–Trinajstić information content (AvgIpc) is 2.95. The number of aromatic hydroxyl groups is 4. The van der Waals surface area contributed by atoms with Gasteiger partial charge in [0, 0.05) is 17.7 Å². The first kappa shape index (κ1) is 30.1. The number of phenols is 4. The predicted molar refractivity (Wildman–Crippen MR) is 137 cm³/mol. The van der Waals surface area contributed by atoms with Gasteiger partial charge in [-0.3, -0.25) is 0 Å². The Morgan fingerprint density at radius 2 is 1.40 bits per heavy atom. The van der Waals surface area contributed by atoms with E-state index in [-0.39, 0.29) is 34.1 Å². The molecule has 0 spiro atoms. The number of ether oxygens (including phenoxy) is 5. The van der Waals surface area contributed by atoms with Crippen LogP contribution in [0, 0.1) is 0 Å². The molecule has 2 aromatic carbocycles. The van der Waals surface area contributed by atoms with Gasteiger partial charge in [-0.25, -0.2) is 0 Å². The van der Waals surface area contributed by atoms with Crippen molar-refractivity contribution >= 4 is 6.08 Å². The molecule has 3 heterocycles. The number of phenolic OH excluding ortho intramolecular Hbond substituents is 4. The zero-order valence-corrected chi connectivity index (χ0v) is 22.0. The first-order valence-corrected chi connectivity index (χ1v) is 13.0. The van der Waals surface area contributed by atoms with Crippen LogP contribution in [0.2, 0.25) is 0 Å². The highest BCUT2D eigenvalue weighted by atomic mass is 16.7. The summed E-state index contributed by atoms with van der Waals surface area (Å²) in [5.74, 6) is -1.63. The van der Waals surface area contributed by atoms with Crippen LogP contribution >= 0.6 is 0 Å². The number of aliphatic hydroxyl groups excluding tert-OH is 6. The lowest BCUT2D eigenvalue weighted by molar-refractivity contribution is -0.324. The van der Waals surface area contributed by atoms with Crippen LogP contribution in [0.5, 0.6) is 28.7 Å². The summed E-state index contributed by atoms with van der Waals surface area (Å²) in [5.41, 5.74) is 0.334. The minimum atomic E-state index is -1.81. The van der Waals surface area contributed by atoms with Crippen LogP contribution in [0.4, 0.5) is 0 Å². The first-order valence-electron chi connectivity index (χ1n) is 13.0. The van der Waals surface area contributed by atoms with E-state index >= 15 is 0 Å². The number of benzene rings is 2. The molecule has 0 aliphatic carbocycles. The third kappa shape index (κ3) is 5.66. The lowest BCUT2D eigenvalue weighted by Crippen LogP contribution is -2.61. The second-order valence-corrected chi connectivity index (χ2v) is 10.3. The number of hydrogen-bond acceptors (Lipinski definition) is 15. The van der Waals surface area contributed by atoms with Crippen LogP contribution in [0.25, 0.3) is 6.08 Å². The van der Waals surface area contributed by atoms with Crippen molar-refractivity contribution < 1.29 is 74.7 Å². The summed E-state index contributed by atoms with van der Waals surface area (Å²) in [6.45, 7) is 0.934. The molecule has 0 radical (unpaired) electrons. The molecular formula is C27H32O15. The maximum Gasteiger partial charge on any atom is 0.228 e. The van der Waals surface area contributed by atoms with E-state index in [1.54, 1.807) is 0 Å². The summed E-state index contributed by atoms with van der Waals surface area (Å²) in [5, 5.41) is 102. The summed E-state index contributed by atoms with van der Waals surface area (Å²) in [7, 11) is 0. The topological polar surface area (TPSA) is 248 Å². The van der Waals surface area contributed by atoms with Crippen LogP contribution < -0.4 is 4.74 Å². The Kier molecular flexibility index (Phi) is 8.39. The Morgan fingerprint density at radius 3 is 2.12 bits per heavy atom. The third-order valence-electron chi connectivity index (χ3n) is 7.35. The molecule has 3 aliphatic heterocycles. The highest BCUT2D eigenvalue weighted by Crippen LogP contribution is 2.45. The largest absolute Gasteiger partial charge is 0.508 e. The summed E-state index contributed by atoms with van der Waals surface area (Å²) >= 11 is 0. The normalized spacial score (nSPS) is 36.5. The molecule has 0 bridgehead atoms. The first-order chi connectivity index (χ1) is 19.8. The quantitative estimate of drug-likeness (QED) is 0.173. The lowest BCUT2D eigenvalue weighted by atomic mass is 9.98. The van der Waals surface area contributed by atoms with Crippen molar-refractivity contribution in [3.63, 3.8) is 0 Å². The molecule has 15 heteroatoms. The molecule has 2 aromatic rings. The second-order valence-electron chi connectivity index (χ2n) is 10.3. The molecule has 3 aliphatic rings. The highest BCUT2D eigenvalue weighted by molar-refractivity contribution is 5.69. The molecule has 0 saturated carbocycles. The predicted octanol–water partition coefficient (Wildman–Crippen LogP) is -1.35. The molecule has 2 fully saturated rings. The number of hydrogen-bond donors (Lipinski definition) is 10. The molecule has 11 atom stereocenters. The van der Waals surface area contributed by atoms with Gasteiger partial charge in [0.2, 0.25) is 6.29 Å². The van der Waals surface area contributed by atoms with Gasteiger partial charge >= 0.3 is 0 Å². The number of rotatable bonds is 6. The molecule has 0 aromatic heterocycles. The van der Waals surface area contributed by atoms with Gasteiger partial charge < -0.3 is 74.7 Å². The summed E-state index contributed by atoms with van der Waals surface area (Å²) in [6.07, 6.45) is -15.1. The van der Waals surface area contributed by atoms with Gasteiger partial charge in [0.05, 0.1) is 18.3 Å². The van der Waals surface area contributed by atoms with E-state index in [0.717, 1.165) is 6.07 Å². The fourth-order valence-electron chi connectivity index (χ4n) is 4.90. The van der Waals surface area contributed by atoms with Gasteiger partial charge in [0.15, 0.2) is 23.9 Å². The average molecular weight is 597 g/mol. The van der Waals surface area contributed by atoms with Crippen molar-refractivity contribution in [3.05, 3.63) is 47.2 Å². The van der Waals surface area contributed by atoms with Crippen LogP contribution in [-0.2, 0) is 18.9 Å². The fraction of sp³-hybridized carbons (Fsp3) is 0.481. The standard InChI is InChI=1S/C27H32O15/c1-9-19(32)21(34)23(36)26(39-9)38-8-18-20(33)22(35)24(37)27(42-18)41-17-7-12-14(30)5-11(28)6-16(12)40-25(17)10-2-3-13(29)15(31)4-10/h2-7,9,18-37H,8H2,1H3/t9-,18+,19-,20+,21+,22-,23+,24+,25?,26+,27+/m0/s1. The monoisotopic (exact) mass is 596 g/mol. The van der Waals surface area contributed by atoms with Gasteiger partial charge in [-0.05, 0) is 25.1 Å². The van der Waals surface area contributed by atoms with Crippen LogP contribution in [0.15, 0.2) is 36.1 Å². The Morgan fingerprint density at radius 1 is 0.714 bits per heavy atom. The molecular weight excluding hydrogens is 564 g/mol. The number of fused-ring (bicyclic) bond motifs is 1. The van der Waals surface area contributed by atoms with Gasteiger partial charge in [-0.2, -0.15) is 0 Å². The Bertz CT molecular complexity index is 1320. The van der Waals surface area contributed by atoms with Crippen molar-refractivity contribution in [2.24, 2.45) is 0 Å². The van der Waals surface area contributed by atoms with Crippen molar-refractivity contribution in [2.45, 2.75) is 74.4 Å². The molecule has 1 unspecified atom stereocenters. The van der Waals surface area contributed by atoms with Gasteiger partial charge in [-0.1, -0.05) is 6.07 Å². The molecule has 2 saturated heterocycles. The second kappa shape index (κ2) is 11.7. The fourth-order valence-corrected chi connectivity index (χ4v) is 4.90. The minimum Gasteiger partial charge on any atom is -0.508 e. The number of aliphatic hydroxyl groups is 6. The maximum absolute atomic E-state index is 10.7. The van der Waals surface area contributed by atoms with Crippen molar-refractivity contribution in [2.75, 3.05) is 6.61 Å². The van der Waals surface area contributed by atoms with Crippen LogP contribution in [-0.4, -0.2) is 119 Å². The zero-order valence-electron chi connectivity index (χ0n) is 22.0. The maximum atomic E-state index is 10.7. The van der Waals surface area contributed by atoms with Crippen LogP contribution in [0.1, 0.15) is 24.2 Å². The summed E-state index contributed by atoms with van der Waals surface area (Å²) in [4.78, 5) is 0. The van der Waals surface area contributed by atoms with E-state index in [9.17, 15) is 51.1 Å². The third-order valence-corrected chi connectivity index (χ3v) is 7.35. The van der Waals surface area contributed by atoms with E-state index in [4.69, 9.17) is 23.7 Å². The highest BCUT2D eigenvalue weighted by Gasteiger charge is 2.48. The van der Waals surface area contributed by atoms with E-state index < -0.39 is 85.6 Å². The molecule has 5 rings (SSSR count). The molecule has 10 N–H and O–H groups in total. The van der Waals surface area contributed by atoms with Crippen LogP contribution in [0.3, 0.4) is 0 Å². The van der Waals surface area contributed by atoms with Crippen molar-refractivity contribution in [3.8, 4) is 28.7 Å². The zero-order chi connectivity index (χ0) is 30.5. The van der Waals surface area contributed by atoms with Crippen molar-refractivity contribution in [1.82, 2.24) is 0 Å². The molecule has 230 valence electrons. The molecule has 15 nitrogen and oxygen atoms in total. The van der Waals surface area contributed by atoms with Gasteiger partial charge in [0.25, 0.3) is 0 Å². The SMILES string of the molecule is C[C@@H]1O[C@@H](OC[C@H]2O[C@@H](OC3=Cc4c(O)cc(O)cc4OC3c3ccc(O)c(O)c3)[C@H](O)[C@@H](O)[C@@H]2O)[C@H](O)[C@H](O)[C@H]1O. The lowest BCUT2D eigenvalue weighted by Gasteiger charge is -2.43. The Hall–Kier alpha value is -3.38. The summed E-state index contributed by atoms with van der Waals surface area (Å²) in [6, 6.07) is 6.06. The molecule has 42 heavy (non-hydrogen) atoms. The van der Waals surface area contributed by atoms with E-state index in [0.29, 0.717) is 0 Å². The van der Waals surface area contributed by atoms with E-state index in [2.05, 4.69) is 0 Å². The Balaban J connectivity index is 1.39. The van der Waals surface area contributed by atoms with E-state index in [1.165, 1.54) is 37.3 Å². The minimum absolute atomic E-state index is 0.0387. The summed E-state index contributed by atoms with van der Waals surface area (Å²) < 4.78 is 28.4. The van der Waals surface area contributed by atoms with E-state index in [1.807, 2.05) is 0 Å². The van der Waals surface area contributed by atoms with Gasteiger partial charge in [0.1, 0.15) is 65.7 Å². The van der Waals surface area contributed by atoms with Gasteiger partial charge in [-0.15, -0.1) is 0 Å². The smallest absolute Gasteiger partial charge is 0.228 e. The molecule has 0 amide bonds. The van der Waals surface area contributed by atoms with Crippen molar-refractivity contribution in [1.29, 1.82) is 0 Å². The Labute approximate surface area is 238 Å².